The second kappa shape index (κ2) is 9.01. The first-order chi connectivity index (χ1) is 12.9. The smallest absolute Gasteiger partial charge is 0.134 e. The molecule has 0 spiro atoms. The normalized spacial score (nSPS) is 10.7. The van der Waals surface area contributed by atoms with Crippen molar-refractivity contribution >= 4 is 44.8 Å². The van der Waals surface area contributed by atoms with Gasteiger partial charge in [0.15, 0.2) is 0 Å². The predicted molar refractivity (Wildman–Crippen MR) is 118 cm³/mol. The molecule has 0 aliphatic carbocycles. The molecule has 0 heterocycles. The summed E-state index contributed by atoms with van der Waals surface area (Å²) in [6.07, 6.45) is 0. The van der Waals surface area contributed by atoms with E-state index in [1.54, 1.807) is 6.07 Å². The van der Waals surface area contributed by atoms with Crippen LogP contribution in [-0.2, 0) is 13.2 Å². The highest BCUT2D eigenvalue weighted by atomic mass is 79.9. The van der Waals surface area contributed by atoms with E-state index in [-0.39, 0.29) is 0 Å². The highest BCUT2D eigenvalue weighted by Crippen LogP contribution is 2.29. The van der Waals surface area contributed by atoms with E-state index >= 15 is 0 Å². The van der Waals surface area contributed by atoms with Gasteiger partial charge in [-0.05, 0) is 82.9 Å². The maximum absolute atomic E-state index is 6.20. The minimum atomic E-state index is 0.384. The average Bonchev–Trinajstić information content (AvgIpc) is 2.63. The van der Waals surface area contributed by atoms with E-state index in [4.69, 9.17) is 27.9 Å². The molecule has 3 aromatic rings. The summed E-state index contributed by atoms with van der Waals surface area (Å²) in [7, 11) is 0. The fourth-order valence-electron chi connectivity index (χ4n) is 2.62. The number of rotatable bonds is 6. The quantitative estimate of drug-likeness (QED) is 0.406. The Morgan fingerprint density at radius 3 is 2.44 bits per heavy atom. The van der Waals surface area contributed by atoms with Crippen LogP contribution in [0.3, 0.4) is 0 Å². The van der Waals surface area contributed by atoms with Crippen LogP contribution in [0, 0.1) is 13.8 Å². The molecule has 0 radical (unpaired) electrons. The molecule has 3 rings (SSSR count). The summed E-state index contributed by atoms with van der Waals surface area (Å²) in [4.78, 5) is 0. The molecular weight excluding hydrogens is 445 g/mol. The highest BCUT2D eigenvalue weighted by Gasteiger charge is 2.06. The Balaban J connectivity index is 1.62. The van der Waals surface area contributed by atoms with Crippen LogP contribution in [0.1, 0.15) is 22.3 Å². The lowest BCUT2D eigenvalue weighted by Crippen LogP contribution is -2.01. The van der Waals surface area contributed by atoms with Crippen molar-refractivity contribution in [2.45, 2.75) is 27.0 Å². The van der Waals surface area contributed by atoms with Crippen molar-refractivity contribution in [1.82, 2.24) is 0 Å². The average molecular weight is 465 g/mol. The van der Waals surface area contributed by atoms with Crippen LogP contribution in [0.15, 0.2) is 59.1 Å². The molecule has 0 unspecified atom stereocenters. The summed E-state index contributed by atoms with van der Waals surface area (Å²) in [6, 6.07) is 17.9. The maximum atomic E-state index is 6.20. The lowest BCUT2D eigenvalue weighted by Gasteiger charge is -2.12. The number of ether oxygens (including phenoxy) is 1. The third-order valence-electron chi connectivity index (χ3n) is 4.40. The van der Waals surface area contributed by atoms with Crippen molar-refractivity contribution in [1.29, 1.82) is 0 Å². The number of hydrogen-bond donors (Lipinski definition) is 1. The molecule has 0 amide bonds. The van der Waals surface area contributed by atoms with Crippen LogP contribution in [-0.4, -0.2) is 0 Å². The number of hydrogen-bond acceptors (Lipinski definition) is 2. The fraction of sp³-hybridized carbons (Fsp3) is 0.182. The second-order valence-corrected chi connectivity index (χ2v) is 8.14. The molecule has 2 nitrogen and oxygen atoms in total. The van der Waals surface area contributed by atoms with Gasteiger partial charge in [0.05, 0.1) is 4.47 Å². The van der Waals surface area contributed by atoms with Gasteiger partial charge < -0.3 is 10.1 Å². The molecule has 0 aromatic heterocycles. The first kappa shape index (κ1) is 20.1. The van der Waals surface area contributed by atoms with E-state index < -0.39 is 0 Å². The Bertz CT molecular complexity index is 959. The van der Waals surface area contributed by atoms with Crippen LogP contribution in [0.25, 0.3) is 0 Å². The van der Waals surface area contributed by atoms with Gasteiger partial charge in [0, 0.05) is 27.8 Å². The van der Waals surface area contributed by atoms with E-state index in [2.05, 4.69) is 65.4 Å². The monoisotopic (exact) mass is 463 g/mol. The Morgan fingerprint density at radius 2 is 1.74 bits per heavy atom. The van der Waals surface area contributed by atoms with Crippen LogP contribution in [0.5, 0.6) is 5.75 Å². The summed E-state index contributed by atoms with van der Waals surface area (Å²) < 4.78 is 6.80. The van der Waals surface area contributed by atoms with Crippen molar-refractivity contribution < 1.29 is 4.74 Å². The molecule has 5 heteroatoms. The molecular formula is C22H20BrCl2NO. The predicted octanol–water partition coefficient (Wildman–Crippen LogP) is 7.56. The summed E-state index contributed by atoms with van der Waals surface area (Å²) in [5, 5.41) is 4.68. The van der Waals surface area contributed by atoms with Crippen LogP contribution >= 0.6 is 39.1 Å². The zero-order valence-electron chi connectivity index (χ0n) is 15.2. The van der Waals surface area contributed by atoms with E-state index in [1.165, 1.54) is 11.1 Å². The van der Waals surface area contributed by atoms with Crippen molar-refractivity contribution in [3.05, 3.63) is 91.4 Å². The molecule has 0 fully saturated rings. The van der Waals surface area contributed by atoms with Crippen molar-refractivity contribution in [2.75, 3.05) is 5.32 Å². The third kappa shape index (κ3) is 5.41. The van der Waals surface area contributed by atoms with Gasteiger partial charge in [-0.3, -0.25) is 0 Å². The summed E-state index contributed by atoms with van der Waals surface area (Å²) in [6.45, 7) is 5.36. The summed E-state index contributed by atoms with van der Waals surface area (Å²) >= 11 is 15.7. The van der Waals surface area contributed by atoms with Crippen LogP contribution in [0.2, 0.25) is 10.0 Å². The van der Waals surface area contributed by atoms with Crippen molar-refractivity contribution in [3.8, 4) is 5.75 Å². The first-order valence-electron chi connectivity index (χ1n) is 8.58. The largest absolute Gasteiger partial charge is 0.488 e. The van der Waals surface area contributed by atoms with Gasteiger partial charge in [-0.25, -0.2) is 0 Å². The van der Waals surface area contributed by atoms with Gasteiger partial charge in [-0.15, -0.1) is 0 Å². The standard InChI is InChI=1S/C22H20BrCl2NO/c1-14-3-7-19(9-15(14)2)26-12-16-4-8-22(20(23)10-16)27-13-17-5-6-18(24)11-21(17)25/h3-11,26H,12-13H2,1-2H3. The highest BCUT2D eigenvalue weighted by molar-refractivity contribution is 9.10. The molecule has 27 heavy (non-hydrogen) atoms. The number of halogens is 3. The Hall–Kier alpha value is -1.68. The fourth-order valence-corrected chi connectivity index (χ4v) is 3.62. The maximum Gasteiger partial charge on any atom is 0.134 e. The molecule has 0 atom stereocenters. The topological polar surface area (TPSA) is 21.3 Å². The Labute approximate surface area is 178 Å². The van der Waals surface area contributed by atoms with Crippen molar-refractivity contribution in [2.24, 2.45) is 0 Å². The van der Waals surface area contributed by atoms with E-state index in [9.17, 15) is 0 Å². The van der Waals surface area contributed by atoms with Gasteiger partial charge in [-0.1, -0.05) is 41.4 Å². The minimum absolute atomic E-state index is 0.384. The molecule has 0 aliphatic rings. The zero-order chi connectivity index (χ0) is 19.4. The van der Waals surface area contributed by atoms with Gasteiger partial charge >= 0.3 is 0 Å². The van der Waals surface area contributed by atoms with Gasteiger partial charge in [0.2, 0.25) is 0 Å². The van der Waals surface area contributed by atoms with Gasteiger partial charge in [0.25, 0.3) is 0 Å². The van der Waals surface area contributed by atoms with E-state index in [0.29, 0.717) is 16.7 Å². The Kier molecular flexibility index (Phi) is 6.69. The number of anilines is 1. The first-order valence-corrected chi connectivity index (χ1v) is 10.1. The molecule has 0 aliphatic heterocycles. The molecule has 0 saturated heterocycles. The minimum Gasteiger partial charge on any atom is -0.488 e. The molecule has 0 bridgehead atoms. The molecule has 3 aromatic carbocycles. The van der Waals surface area contributed by atoms with Gasteiger partial charge in [0.1, 0.15) is 12.4 Å². The number of nitrogens with one attached hydrogen (secondary N) is 1. The second-order valence-electron chi connectivity index (χ2n) is 6.44. The lowest BCUT2D eigenvalue weighted by atomic mass is 10.1. The Morgan fingerprint density at radius 1 is 0.926 bits per heavy atom. The van der Waals surface area contributed by atoms with Crippen LogP contribution < -0.4 is 10.1 Å². The zero-order valence-corrected chi connectivity index (χ0v) is 18.3. The van der Waals surface area contributed by atoms with Crippen molar-refractivity contribution in [3.63, 3.8) is 0 Å². The third-order valence-corrected chi connectivity index (χ3v) is 5.60. The SMILES string of the molecule is Cc1ccc(NCc2ccc(OCc3ccc(Cl)cc3Cl)c(Br)c2)cc1C. The molecule has 0 saturated carbocycles. The number of aryl methyl sites for hydroxylation is 2. The van der Waals surface area contributed by atoms with E-state index in [1.807, 2.05) is 18.2 Å². The lowest BCUT2D eigenvalue weighted by molar-refractivity contribution is 0.304. The summed E-state index contributed by atoms with van der Waals surface area (Å²) in [5.74, 6) is 0.774. The summed E-state index contributed by atoms with van der Waals surface area (Å²) in [5.41, 5.74) is 5.76. The van der Waals surface area contributed by atoms with E-state index in [0.717, 1.165) is 33.6 Å². The number of benzene rings is 3. The van der Waals surface area contributed by atoms with Gasteiger partial charge in [-0.2, -0.15) is 0 Å². The molecule has 1 N–H and O–H groups in total. The van der Waals surface area contributed by atoms with Crippen LogP contribution in [0.4, 0.5) is 5.69 Å². The molecule has 140 valence electrons.